The monoisotopic (exact) mass is 513 g/mol. The number of halogens is 1. The average Bonchev–Trinajstić information content (AvgIpc) is 2.71. The summed E-state index contributed by atoms with van der Waals surface area (Å²) in [5, 5.41) is 6.56. The molecule has 2 aromatic rings. The molecule has 0 aliphatic heterocycles. The summed E-state index contributed by atoms with van der Waals surface area (Å²) < 4.78 is 16.3. The molecule has 0 bridgehead atoms. The smallest absolute Gasteiger partial charge is 0.196 e. The van der Waals surface area contributed by atoms with Gasteiger partial charge in [-0.3, -0.25) is 0 Å². The number of hydrogen-bond donors (Lipinski definition) is 2. The molecule has 0 atom stereocenters. The van der Waals surface area contributed by atoms with Crippen LogP contribution in [0.4, 0.5) is 5.69 Å². The third kappa shape index (κ3) is 8.49. The van der Waals surface area contributed by atoms with Crippen molar-refractivity contribution in [3.8, 4) is 11.5 Å². The molecule has 6 nitrogen and oxygen atoms in total. The van der Waals surface area contributed by atoms with Crippen molar-refractivity contribution in [3.05, 3.63) is 53.6 Å². The minimum atomic E-state index is 0. The van der Waals surface area contributed by atoms with Crippen molar-refractivity contribution in [3.63, 3.8) is 0 Å². The first kappa shape index (κ1) is 25.0. The van der Waals surface area contributed by atoms with E-state index in [2.05, 4.69) is 39.9 Å². The molecule has 0 saturated carbocycles. The van der Waals surface area contributed by atoms with E-state index in [1.165, 1.54) is 0 Å². The topological polar surface area (TPSA) is 64.1 Å². The molecule has 0 radical (unpaired) electrons. The summed E-state index contributed by atoms with van der Waals surface area (Å²) in [7, 11) is 3.24. The van der Waals surface area contributed by atoms with Crippen LogP contribution in [0.5, 0.6) is 11.5 Å². The SMILES string of the molecule is CCNC(=NCc1ccc(COC(C)C)cc1)Nc1ccc(OC)c(OC)c1.I. The Labute approximate surface area is 191 Å². The summed E-state index contributed by atoms with van der Waals surface area (Å²) in [6.07, 6.45) is 0.231. The lowest BCUT2D eigenvalue weighted by Crippen LogP contribution is -2.30. The largest absolute Gasteiger partial charge is 0.493 e. The summed E-state index contributed by atoms with van der Waals surface area (Å²) in [4.78, 5) is 4.67. The molecule has 2 N–H and O–H groups in total. The lowest BCUT2D eigenvalue weighted by molar-refractivity contribution is 0.0657. The van der Waals surface area contributed by atoms with Gasteiger partial charge in [0.1, 0.15) is 0 Å². The van der Waals surface area contributed by atoms with Crippen molar-refractivity contribution in [1.82, 2.24) is 5.32 Å². The quantitative estimate of drug-likeness (QED) is 0.286. The maximum absolute atomic E-state index is 5.63. The van der Waals surface area contributed by atoms with Gasteiger partial charge < -0.3 is 24.8 Å². The Morgan fingerprint density at radius 3 is 2.21 bits per heavy atom. The predicted octanol–water partition coefficient (Wildman–Crippen LogP) is 4.82. The maximum Gasteiger partial charge on any atom is 0.196 e. The molecule has 29 heavy (non-hydrogen) atoms. The third-order valence-electron chi connectivity index (χ3n) is 4.02. The fourth-order valence-corrected chi connectivity index (χ4v) is 2.53. The standard InChI is InChI=1S/C22H31N3O3.HI/c1-6-23-22(25-19-11-12-20(26-4)21(13-19)27-5)24-14-17-7-9-18(10-8-17)15-28-16(2)3;/h7-13,16H,6,14-15H2,1-5H3,(H2,23,24,25);1H. The lowest BCUT2D eigenvalue weighted by atomic mass is 10.1. The van der Waals surface area contributed by atoms with Crippen LogP contribution in [0.3, 0.4) is 0 Å². The number of anilines is 1. The highest BCUT2D eigenvalue weighted by molar-refractivity contribution is 14.0. The summed E-state index contributed by atoms with van der Waals surface area (Å²) in [6.45, 7) is 8.09. The van der Waals surface area contributed by atoms with Gasteiger partial charge in [0.15, 0.2) is 17.5 Å². The maximum atomic E-state index is 5.63. The molecule has 0 aliphatic carbocycles. The predicted molar refractivity (Wildman–Crippen MR) is 130 cm³/mol. The molecule has 7 heteroatoms. The van der Waals surface area contributed by atoms with Gasteiger partial charge >= 0.3 is 0 Å². The number of hydrogen-bond acceptors (Lipinski definition) is 4. The Morgan fingerprint density at radius 1 is 0.966 bits per heavy atom. The van der Waals surface area contributed by atoms with Gasteiger partial charge in [-0.2, -0.15) is 0 Å². The Kier molecular flexibility index (Phi) is 11.5. The number of nitrogens with zero attached hydrogens (tertiary/aromatic N) is 1. The van der Waals surface area contributed by atoms with E-state index >= 15 is 0 Å². The van der Waals surface area contributed by atoms with Gasteiger partial charge in [-0.1, -0.05) is 24.3 Å². The van der Waals surface area contributed by atoms with Crippen LogP contribution in [0.2, 0.25) is 0 Å². The number of ether oxygens (including phenoxy) is 3. The molecule has 2 rings (SSSR count). The highest BCUT2D eigenvalue weighted by atomic mass is 127. The Hall–Kier alpha value is -2.00. The zero-order valence-corrected chi connectivity index (χ0v) is 20.2. The molecule has 0 aliphatic rings. The second-order valence-electron chi connectivity index (χ2n) is 6.57. The second-order valence-corrected chi connectivity index (χ2v) is 6.57. The molecule has 0 fully saturated rings. The van der Waals surface area contributed by atoms with E-state index in [9.17, 15) is 0 Å². The van der Waals surface area contributed by atoms with Crippen LogP contribution in [-0.2, 0) is 17.9 Å². The van der Waals surface area contributed by atoms with Gasteiger partial charge in [-0.15, -0.1) is 24.0 Å². The van der Waals surface area contributed by atoms with Crippen LogP contribution >= 0.6 is 24.0 Å². The minimum Gasteiger partial charge on any atom is -0.493 e. The van der Waals surface area contributed by atoms with Crippen molar-refractivity contribution < 1.29 is 14.2 Å². The van der Waals surface area contributed by atoms with Crippen LogP contribution in [0.1, 0.15) is 31.9 Å². The van der Waals surface area contributed by atoms with E-state index in [0.29, 0.717) is 30.6 Å². The first-order valence-electron chi connectivity index (χ1n) is 9.52. The van der Waals surface area contributed by atoms with Crippen LogP contribution in [0, 0.1) is 0 Å². The Balaban J connectivity index is 0.00000420. The van der Waals surface area contributed by atoms with Gasteiger partial charge in [0.2, 0.25) is 0 Å². The molecule has 0 heterocycles. The zero-order chi connectivity index (χ0) is 20.4. The van der Waals surface area contributed by atoms with E-state index < -0.39 is 0 Å². The van der Waals surface area contributed by atoms with Crippen molar-refractivity contribution in [2.75, 3.05) is 26.1 Å². The van der Waals surface area contributed by atoms with Crippen molar-refractivity contribution in [1.29, 1.82) is 0 Å². The Morgan fingerprint density at radius 2 is 1.62 bits per heavy atom. The molecule has 2 aromatic carbocycles. The summed E-state index contributed by atoms with van der Waals surface area (Å²) in [5.74, 6) is 2.07. The fraction of sp³-hybridized carbons (Fsp3) is 0.409. The number of nitrogens with one attached hydrogen (secondary N) is 2. The number of rotatable bonds is 9. The molecule has 0 aromatic heterocycles. The molecule has 0 unspecified atom stereocenters. The van der Waals surface area contributed by atoms with E-state index in [1.807, 2.05) is 39.0 Å². The highest BCUT2D eigenvalue weighted by Crippen LogP contribution is 2.29. The van der Waals surface area contributed by atoms with Gasteiger partial charge in [0, 0.05) is 18.3 Å². The third-order valence-corrected chi connectivity index (χ3v) is 4.02. The molecule has 160 valence electrons. The average molecular weight is 513 g/mol. The first-order valence-corrected chi connectivity index (χ1v) is 9.52. The van der Waals surface area contributed by atoms with E-state index in [4.69, 9.17) is 14.2 Å². The van der Waals surface area contributed by atoms with Crippen LogP contribution < -0.4 is 20.1 Å². The van der Waals surface area contributed by atoms with Crippen molar-refractivity contribution in [2.45, 2.75) is 40.0 Å². The number of aliphatic imine (C=N–C) groups is 1. The summed E-state index contributed by atoms with van der Waals surface area (Å²) >= 11 is 0. The molecular weight excluding hydrogens is 481 g/mol. The number of methoxy groups -OCH3 is 2. The fourth-order valence-electron chi connectivity index (χ4n) is 2.53. The van der Waals surface area contributed by atoms with E-state index in [0.717, 1.165) is 23.4 Å². The summed E-state index contributed by atoms with van der Waals surface area (Å²) in [6, 6.07) is 14.0. The normalized spacial score (nSPS) is 11.0. The summed E-state index contributed by atoms with van der Waals surface area (Å²) in [5.41, 5.74) is 3.17. The Bertz CT molecular complexity index is 764. The van der Waals surface area contributed by atoms with Crippen molar-refractivity contribution >= 4 is 35.6 Å². The minimum absolute atomic E-state index is 0. The van der Waals surface area contributed by atoms with Crippen LogP contribution in [-0.4, -0.2) is 32.8 Å². The number of guanidine groups is 1. The van der Waals surface area contributed by atoms with Crippen LogP contribution in [0.15, 0.2) is 47.5 Å². The van der Waals surface area contributed by atoms with Gasteiger partial charge in [0.25, 0.3) is 0 Å². The van der Waals surface area contributed by atoms with Gasteiger partial charge in [-0.05, 0) is 44.0 Å². The molecule has 0 amide bonds. The second kappa shape index (κ2) is 13.3. The molecular formula is C22H32IN3O3. The van der Waals surface area contributed by atoms with Gasteiger partial charge in [0.05, 0.1) is 33.5 Å². The van der Waals surface area contributed by atoms with E-state index in [1.54, 1.807) is 14.2 Å². The molecule has 0 saturated heterocycles. The molecule has 0 spiro atoms. The number of benzene rings is 2. The van der Waals surface area contributed by atoms with Crippen LogP contribution in [0.25, 0.3) is 0 Å². The van der Waals surface area contributed by atoms with E-state index in [-0.39, 0.29) is 30.1 Å². The zero-order valence-electron chi connectivity index (χ0n) is 17.8. The highest BCUT2D eigenvalue weighted by Gasteiger charge is 2.06. The first-order chi connectivity index (χ1) is 13.5. The van der Waals surface area contributed by atoms with Gasteiger partial charge in [-0.25, -0.2) is 4.99 Å². The van der Waals surface area contributed by atoms with Crippen molar-refractivity contribution in [2.24, 2.45) is 4.99 Å². The lowest BCUT2D eigenvalue weighted by Gasteiger charge is -2.14.